The number of nitrogens with zero attached hydrogens (tertiary/aromatic N) is 9. The molecule has 0 radical (unpaired) electrons. The summed E-state index contributed by atoms with van der Waals surface area (Å²) in [4.78, 5) is 133. The van der Waals surface area contributed by atoms with Gasteiger partial charge in [0, 0.05) is 206 Å². The number of benzene rings is 4. The predicted molar refractivity (Wildman–Crippen MR) is 592 cm³/mol. The van der Waals surface area contributed by atoms with Gasteiger partial charge in [-0.3, -0.25) is 68.1 Å². The summed E-state index contributed by atoms with van der Waals surface area (Å²) in [5, 5.41) is 14.5. The maximum atomic E-state index is 12.0. The van der Waals surface area contributed by atoms with Gasteiger partial charge >= 0.3 is 0 Å². The van der Waals surface area contributed by atoms with E-state index in [9.17, 15) is 43.2 Å². The highest BCUT2D eigenvalue weighted by Gasteiger charge is 2.26. The lowest BCUT2D eigenvalue weighted by Gasteiger charge is -2.23. The van der Waals surface area contributed by atoms with Crippen molar-refractivity contribution in [2.75, 3.05) is 28.2 Å². The summed E-state index contributed by atoms with van der Waals surface area (Å²) in [6.45, 7) is 71.7. The summed E-state index contributed by atoms with van der Waals surface area (Å²) in [6.07, 6.45) is 20.9. The molecule has 23 heteroatoms. The third-order valence-corrected chi connectivity index (χ3v) is 20.3. The lowest BCUT2D eigenvalue weighted by Crippen LogP contribution is -2.29. The zero-order chi connectivity index (χ0) is 110. The molecule has 5 heterocycles. The Kier molecular flexibility index (Phi) is 57.6. The van der Waals surface area contributed by atoms with Crippen molar-refractivity contribution in [1.82, 2.24) is 71.1 Å². The first kappa shape index (κ1) is 130. The molecule has 0 aliphatic heterocycles. The van der Waals surface area contributed by atoms with Crippen molar-refractivity contribution >= 4 is 53.2 Å². The van der Waals surface area contributed by atoms with Crippen LogP contribution in [0.2, 0.25) is 0 Å². The van der Waals surface area contributed by atoms with Crippen LogP contribution < -0.4 is 26.6 Å². The van der Waals surface area contributed by atoms with Gasteiger partial charge in [-0.15, -0.1) is 0 Å². The zero-order valence-corrected chi connectivity index (χ0v) is 95.1. The molecule has 0 atom stereocenters. The van der Waals surface area contributed by atoms with E-state index >= 15 is 0 Å². The Hall–Kier alpha value is -12.1. The number of carbonyl (C=O) groups is 9. The van der Waals surface area contributed by atoms with Gasteiger partial charge < -0.3 is 46.2 Å². The van der Waals surface area contributed by atoms with Crippen LogP contribution in [-0.2, 0) is 102 Å². The molecular weight excluding hydrogens is 1790 g/mol. The summed E-state index contributed by atoms with van der Waals surface area (Å²) in [6, 6.07) is 52.3. The van der Waals surface area contributed by atoms with Crippen LogP contribution in [0.25, 0.3) is 0 Å². The smallest absolute Gasteiger partial charge is 0.223 e. The molecule has 0 aliphatic carbocycles. The molecule has 792 valence electrons. The number of amides is 9. The lowest BCUT2D eigenvalue weighted by atomic mass is 9.91. The average molecular weight is 1980 g/mol. The van der Waals surface area contributed by atoms with Crippen LogP contribution in [0.5, 0.6) is 0 Å². The van der Waals surface area contributed by atoms with Crippen LogP contribution in [-0.4, -0.2) is 126 Å². The van der Waals surface area contributed by atoms with Gasteiger partial charge in [0.15, 0.2) is 0 Å². The molecule has 4 aromatic carbocycles. The van der Waals surface area contributed by atoms with Crippen LogP contribution in [0.3, 0.4) is 0 Å². The quantitative estimate of drug-likeness (QED) is 0.0320. The molecule has 0 saturated carbocycles. The molecule has 5 N–H and O–H groups in total. The molecule has 0 spiro atoms. The van der Waals surface area contributed by atoms with E-state index in [4.69, 9.17) is 0 Å². The molecule has 5 aromatic heterocycles. The fourth-order valence-electron chi connectivity index (χ4n) is 13.1. The second kappa shape index (κ2) is 63.9. The first-order chi connectivity index (χ1) is 66.4. The highest BCUT2D eigenvalue weighted by Crippen LogP contribution is 2.27. The van der Waals surface area contributed by atoms with Crippen molar-refractivity contribution in [2.24, 2.45) is 48.7 Å². The van der Waals surface area contributed by atoms with Gasteiger partial charge in [-0.1, -0.05) is 324 Å². The predicted octanol–water partition coefficient (Wildman–Crippen LogP) is 24.5. The molecule has 9 amide bonds. The van der Waals surface area contributed by atoms with Crippen molar-refractivity contribution in [1.29, 1.82) is 0 Å². The number of aryl methyl sites for hydroxylation is 5. The molecule has 0 aliphatic rings. The van der Waals surface area contributed by atoms with Crippen molar-refractivity contribution in [2.45, 2.75) is 338 Å². The number of carbonyl (C=O) groups excluding carboxylic acids is 9. The molecule has 144 heavy (non-hydrogen) atoms. The number of pyridine rings is 5. The fraction of sp³-hybridized carbons (Fsp3) is 0.521. The van der Waals surface area contributed by atoms with Crippen LogP contribution in [0.4, 0.5) is 0 Å². The fourth-order valence-corrected chi connectivity index (χ4v) is 13.1. The Morgan fingerprint density at radius 2 is 0.458 bits per heavy atom. The van der Waals surface area contributed by atoms with Gasteiger partial charge in [0.2, 0.25) is 53.2 Å². The van der Waals surface area contributed by atoms with E-state index in [1.165, 1.54) is 33.4 Å². The van der Waals surface area contributed by atoms with Crippen molar-refractivity contribution in [3.8, 4) is 0 Å². The largest absolute Gasteiger partial charge is 0.352 e. The van der Waals surface area contributed by atoms with Crippen molar-refractivity contribution in [3.05, 3.63) is 292 Å². The van der Waals surface area contributed by atoms with Gasteiger partial charge in [-0.25, -0.2) is 0 Å². The van der Waals surface area contributed by atoms with E-state index < -0.39 is 0 Å². The van der Waals surface area contributed by atoms with Crippen molar-refractivity contribution in [3.63, 3.8) is 0 Å². The average Bonchev–Trinajstić information content (AvgIpc) is 0.904. The Labute approximate surface area is 869 Å². The monoisotopic (exact) mass is 1980 g/mol. The highest BCUT2D eigenvalue weighted by molar-refractivity contribution is 5.80. The summed E-state index contributed by atoms with van der Waals surface area (Å²) in [5.74, 6) is 1.29. The number of hydrogen-bond donors (Lipinski definition) is 5. The van der Waals surface area contributed by atoms with Gasteiger partial charge in [-0.2, -0.15) is 0 Å². The highest BCUT2D eigenvalue weighted by atomic mass is 16.2. The molecule has 9 rings (SSSR count). The van der Waals surface area contributed by atoms with Crippen LogP contribution in [0, 0.1) is 83.4 Å². The van der Waals surface area contributed by atoms with Gasteiger partial charge in [0.05, 0.1) is 0 Å². The first-order valence-corrected chi connectivity index (χ1v) is 50.4. The second-order valence-electron chi connectivity index (χ2n) is 48.7. The number of nitrogens with one attached hydrogen (secondary N) is 5. The standard InChI is InChI=1S/2C15H23NO.2C14H21NO.3C13H20N2O.2C12H18N2O/c1-12-6-8-13(9-7-12)11-16(5)14(17)10-15(2,3)4;1-12-7-6-8-13(9-12)11-16(5)14(17)10-15(2,3)4;1-11-5-7-12(8-6-11)10-15-13(16)9-14(2,3)4;1-11-6-5-7-12(8-11)10-15-13(16)9-14(2,3)4;1-13(2,3)9-12(16)15(4)10-11-5-7-14-8-6-11;1-10-5-6-11(8-14-10)9-15-12(16)7-13(2,3)4;1-13(2,3)8-12(16)15(4)10-11-6-5-7-14-9-11;1-12(2,3)8-11(15)14-9-10-4-6-13-7-5-10;1-12(2,3)7-11(15)14-9-10-5-4-6-13-8-10/h2*6-9H,10-11H2,1-5H3;2*5-8H,9-10H2,1-4H3,(H,15,16);5-8H,9-10H2,1-4H3;5-6,8H,7,9H2,1-4H3,(H,15,16);5-7,9H,8,10H2,1-4H3;4-7H,8-9H2,1-3H3,(H,14,15);4-6,8H,7,9H2,1-3H3,(H,14,15). The Morgan fingerprint density at radius 1 is 0.222 bits per heavy atom. The molecule has 0 unspecified atom stereocenters. The number of aromatic nitrogens is 5. The van der Waals surface area contributed by atoms with Gasteiger partial charge in [0.1, 0.15) is 0 Å². The summed E-state index contributed by atoms with van der Waals surface area (Å²) >= 11 is 0. The SMILES string of the molecule is CC(C)(C)CC(=O)NCc1cccnc1.CC(C)(C)CC(=O)NCc1ccncc1.CN(Cc1cccnc1)C(=O)CC(C)(C)C.CN(Cc1ccncc1)C(=O)CC(C)(C)C.Cc1ccc(CN(C)C(=O)CC(C)(C)C)cc1.Cc1ccc(CNC(=O)CC(C)(C)C)cc1.Cc1ccc(CNC(=O)CC(C)(C)C)cn1.Cc1cccc(CN(C)C(=O)CC(C)(C)C)c1.Cc1cccc(CNC(=O)CC(C)(C)C)c1. The molecule has 0 fully saturated rings. The first-order valence-electron chi connectivity index (χ1n) is 50.4. The Balaban J connectivity index is 0.000000810. The third-order valence-electron chi connectivity index (χ3n) is 20.3. The Bertz CT molecular complexity index is 4990. The normalized spacial score (nSPS) is 11.2. The lowest BCUT2D eigenvalue weighted by molar-refractivity contribution is -0.133. The van der Waals surface area contributed by atoms with Crippen LogP contribution in [0.1, 0.15) is 323 Å². The summed E-state index contributed by atoms with van der Waals surface area (Å²) in [7, 11) is 7.42. The maximum Gasteiger partial charge on any atom is 0.223 e. The zero-order valence-electron chi connectivity index (χ0n) is 95.1. The molecular formula is C121H184N14O9. The topological polar surface area (TPSA) is 291 Å². The van der Waals surface area contributed by atoms with E-state index in [0.29, 0.717) is 117 Å². The maximum absolute atomic E-state index is 12.0. The molecule has 0 saturated heterocycles. The van der Waals surface area contributed by atoms with E-state index in [1.807, 2.05) is 126 Å². The van der Waals surface area contributed by atoms with Crippen LogP contribution in [0.15, 0.2) is 213 Å². The van der Waals surface area contributed by atoms with Crippen molar-refractivity contribution < 1.29 is 43.2 Å². The molecule has 0 bridgehead atoms. The van der Waals surface area contributed by atoms with Gasteiger partial charge in [-0.05, 0) is 176 Å². The summed E-state index contributed by atoms with van der Waals surface area (Å²) < 4.78 is 0. The minimum atomic E-state index is 0.0373. The second-order valence-corrected chi connectivity index (χ2v) is 48.7. The van der Waals surface area contributed by atoms with E-state index in [0.717, 1.165) is 44.6 Å². The van der Waals surface area contributed by atoms with Gasteiger partial charge in [0.25, 0.3) is 0 Å². The number of hydrogen-bond acceptors (Lipinski definition) is 14. The Morgan fingerprint density at radius 3 is 0.750 bits per heavy atom. The summed E-state index contributed by atoms with van der Waals surface area (Å²) in [5.41, 5.74) is 16.3. The van der Waals surface area contributed by atoms with E-state index in [1.54, 1.807) is 75.4 Å². The molecule has 9 aromatic rings. The minimum absolute atomic E-state index is 0.0373. The third kappa shape index (κ3) is 73.0. The minimum Gasteiger partial charge on any atom is -0.352 e. The van der Waals surface area contributed by atoms with E-state index in [-0.39, 0.29) is 102 Å². The number of rotatable bonds is 27. The van der Waals surface area contributed by atoms with E-state index in [2.05, 4.69) is 333 Å². The molecule has 23 nitrogen and oxygen atoms in total. The van der Waals surface area contributed by atoms with Crippen LogP contribution >= 0.6 is 0 Å².